The van der Waals surface area contributed by atoms with E-state index in [-0.39, 0.29) is 5.91 Å². The molecule has 1 amide bonds. The van der Waals surface area contributed by atoms with E-state index in [2.05, 4.69) is 4.98 Å². The first-order valence-electron chi connectivity index (χ1n) is 5.17. The summed E-state index contributed by atoms with van der Waals surface area (Å²) in [5.74, 6) is 0.189. The van der Waals surface area contributed by atoms with Crippen molar-refractivity contribution in [3.05, 3.63) is 24.3 Å². The Hall–Kier alpha value is -2.04. The lowest BCUT2D eigenvalue weighted by Gasteiger charge is -2.04. The molecule has 0 fully saturated rings. The molecule has 0 bridgehead atoms. The van der Waals surface area contributed by atoms with Crippen LogP contribution in [0.4, 0.5) is 5.95 Å². The van der Waals surface area contributed by atoms with Crippen LogP contribution < -0.4 is 11.5 Å². The first-order chi connectivity index (χ1) is 7.68. The lowest BCUT2D eigenvalue weighted by atomic mass is 10.3. The Kier molecular flexibility index (Phi) is 2.76. The number of anilines is 1. The van der Waals surface area contributed by atoms with Crippen LogP contribution in [0.5, 0.6) is 0 Å². The number of para-hydroxylation sites is 2. The molecule has 1 aromatic carbocycles. The number of nitrogen functional groups attached to an aromatic ring is 1. The normalized spacial score (nSPS) is 10.8. The summed E-state index contributed by atoms with van der Waals surface area (Å²) in [6, 6.07) is 7.73. The van der Waals surface area contributed by atoms with Crippen LogP contribution in [0.1, 0.15) is 12.8 Å². The topological polar surface area (TPSA) is 86.9 Å². The van der Waals surface area contributed by atoms with Gasteiger partial charge in [-0.15, -0.1) is 0 Å². The molecule has 16 heavy (non-hydrogen) atoms. The van der Waals surface area contributed by atoms with Gasteiger partial charge in [0.05, 0.1) is 11.0 Å². The molecule has 0 saturated carbocycles. The highest BCUT2D eigenvalue weighted by atomic mass is 16.1. The summed E-state index contributed by atoms with van der Waals surface area (Å²) in [5, 5.41) is 0. The number of hydrogen-bond acceptors (Lipinski definition) is 3. The molecule has 0 spiro atoms. The molecule has 2 aromatic rings. The molecule has 0 aliphatic carbocycles. The van der Waals surface area contributed by atoms with Crippen LogP contribution in [-0.4, -0.2) is 15.5 Å². The van der Waals surface area contributed by atoms with E-state index >= 15 is 0 Å². The molecular formula is C11H14N4O. The van der Waals surface area contributed by atoms with Crippen LogP contribution in [0.2, 0.25) is 0 Å². The average molecular weight is 218 g/mol. The monoisotopic (exact) mass is 218 g/mol. The molecule has 1 aromatic heterocycles. The molecule has 0 aliphatic rings. The Balaban J connectivity index is 2.22. The summed E-state index contributed by atoms with van der Waals surface area (Å²) in [5.41, 5.74) is 12.8. The Morgan fingerprint density at radius 3 is 2.88 bits per heavy atom. The van der Waals surface area contributed by atoms with E-state index in [0.717, 1.165) is 11.0 Å². The minimum absolute atomic E-state index is 0.289. The van der Waals surface area contributed by atoms with E-state index in [0.29, 0.717) is 25.3 Å². The largest absolute Gasteiger partial charge is 0.370 e. The summed E-state index contributed by atoms with van der Waals surface area (Å²) < 4.78 is 1.90. The number of nitrogens with two attached hydrogens (primary N) is 2. The molecule has 2 rings (SSSR count). The van der Waals surface area contributed by atoms with Gasteiger partial charge in [0.15, 0.2) is 0 Å². The Morgan fingerprint density at radius 1 is 1.38 bits per heavy atom. The van der Waals surface area contributed by atoms with Crippen molar-refractivity contribution in [3.8, 4) is 0 Å². The fraction of sp³-hybridized carbons (Fsp3) is 0.273. The maximum absolute atomic E-state index is 10.6. The second-order valence-electron chi connectivity index (χ2n) is 3.68. The number of hydrogen-bond donors (Lipinski definition) is 2. The van der Waals surface area contributed by atoms with Crippen molar-refractivity contribution in [2.75, 3.05) is 5.73 Å². The fourth-order valence-corrected chi connectivity index (χ4v) is 1.74. The standard InChI is InChI=1S/C11H14N4O/c12-10(16)6-3-7-15-9-5-2-1-4-8(9)14-11(15)13/h1-2,4-5H,3,6-7H2,(H2,12,16)(H2,13,14). The number of carbonyl (C=O) groups excluding carboxylic acids is 1. The summed E-state index contributed by atoms with van der Waals surface area (Å²) in [7, 11) is 0. The molecule has 5 nitrogen and oxygen atoms in total. The van der Waals surface area contributed by atoms with Gasteiger partial charge in [0.25, 0.3) is 0 Å². The Bertz CT molecular complexity index is 518. The Morgan fingerprint density at radius 2 is 2.12 bits per heavy atom. The third kappa shape index (κ3) is 1.98. The van der Waals surface area contributed by atoms with Crippen molar-refractivity contribution in [2.45, 2.75) is 19.4 Å². The van der Waals surface area contributed by atoms with Crippen molar-refractivity contribution < 1.29 is 4.79 Å². The van der Waals surface area contributed by atoms with Gasteiger partial charge in [-0.2, -0.15) is 0 Å². The van der Waals surface area contributed by atoms with Crippen LogP contribution in [0.15, 0.2) is 24.3 Å². The van der Waals surface area contributed by atoms with Gasteiger partial charge in [-0.25, -0.2) is 4.98 Å². The number of aryl methyl sites for hydroxylation is 1. The van der Waals surface area contributed by atoms with Crippen molar-refractivity contribution >= 4 is 22.9 Å². The van der Waals surface area contributed by atoms with E-state index in [1.54, 1.807) is 0 Å². The van der Waals surface area contributed by atoms with Gasteiger partial charge < -0.3 is 16.0 Å². The maximum Gasteiger partial charge on any atom is 0.217 e. The number of nitrogens with zero attached hydrogens (tertiary/aromatic N) is 2. The Labute approximate surface area is 93.1 Å². The second kappa shape index (κ2) is 4.22. The molecule has 5 heteroatoms. The average Bonchev–Trinajstić information content (AvgIpc) is 2.55. The summed E-state index contributed by atoms with van der Waals surface area (Å²) in [4.78, 5) is 14.9. The molecule has 0 aliphatic heterocycles. The summed E-state index contributed by atoms with van der Waals surface area (Å²) in [6.07, 6.45) is 1.05. The third-order valence-corrected chi connectivity index (χ3v) is 2.49. The summed E-state index contributed by atoms with van der Waals surface area (Å²) >= 11 is 0. The van der Waals surface area contributed by atoms with Gasteiger partial charge in [0.2, 0.25) is 11.9 Å². The highest BCUT2D eigenvalue weighted by Crippen LogP contribution is 2.17. The second-order valence-corrected chi connectivity index (χ2v) is 3.68. The molecule has 0 saturated heterocycles. The number of fused-ring (bicyclic) bond motifs is 1. The number of imidazole rings is 1. The zero-order valence-corrected chi connectivity index (χ0v) is 8.89. The minimum Gasteiger partial charge on any atom is -0.370 e. The number of aromatic nitrogens is 2. The number of benzene rings is 1. The van der Waals surface area contributed by atoms with Gasteiger partial charge in [-0.1, -0.05) is 12.1 Å². The zero-order valence-electron chi connectivity index (χ0n) is 8.89. The van der Waals surface area contributed by atoms with Crippen LogP contribution in [0.25, 0.3) is 11.0 Å². The zero-order chi connectivity index (χ0) is 11.5. The lowest BCUT2D eigenvalue weighted by molar-refractivity contribution is -0.118. The quantitative estimate of drug-likeness (QED) is 0.798. The van der Waals surface area contributed by atoms with Crippen molar-refractivity contribution in [1.29, 1.82) is 0 Å². The molecular weight excluding hydrogens is 204 g/mol. The molecule has 0 radical (unpaired) electrons. The predicted molar refractivity (Wildman–Crippen MR) is 62.6 cm³/mol. The van der Waals surface area contributed by atoms with E-state index < -0.39 is 0 Å². The molecule has 0 atom stereocenters. The molecule has 0 unspecified atom stereocenters. The van der Waals surface area contributed by atoms with Gasteiger partial charge in [0.1, 0.15) is 0 Å². The molecule has 84 valence electrons. The van der Waals surface area contributed by atoms with Gasteiger partial charge in [-0.3, -0.25) is 4.79 Å². The smallest absolute Gasteiger partial charge is 0.217 e. The number of carbonyl (C=O) groups is 1. The van der Waals surface area contributed by atoms with E-state index in [1.807, 2.05) is 28.8 Å². The lowest BCUT2D eigenvalue weighted by Crippen LogP contribution is -2.12. The maximum atomic E-state index is 10.6. The first kappa shape index (κ1) is 10.5. The molecule has 1 heterocycles. The van der Waals surface area contributed by atoms with Crippen LogP contribution in [-0.2, 0) is 11.3 Å². The SMILES string of the molecule is NC(=O)CCCn1c(N)nc2ccccc21. The van der Waals surface area contributed by atoms with Gasteiger partial charge in [-0.05, 0) is 18.6 Å². The van der Waals surface area contributed by atoms with Gasteiger partial charge in [0, 0.05) is 13.0 Å². The van der Waals surface area contributed by atoms with Crippen LogP contribution >= 0.6 is 0 Å². The van der Waals surface area contributed by atoms with Crippen molar-refractivity contribution in [3.63, 3.8) is 0 Å². The van der Waals surface area contributed by atoms with E-state index in [1.165, 1.54) is 0 Å². The van der Waals surface area contributed by atoms with Crippen LogP contribution in [0, 0.1) is 0 Å². The third-order valence-electron chi connectivity index (χ3n) is 2.49. The highest BCUT2D eigenvalue weighted by Gasteiger charge is 2.06. The fourth-order valence-electron chi connectivity index (χ4n) is 1.74. The highest BCUT2D eigenvalue weighted by molar-refractivity contribution is 5.78. The number of primary amides is 1. The van der Waals surface area contributed by atoms with Crippen molar-refractivity contribution in [2.24, 2.45) is 5.73 Å². The van der Waals surface area contributed by atoms with E-state index in [9.17, 15) is 4.79 Å². The van der Waals surface area contributed by atoms with Crippen LogP contribution in [0.3, 0.4) is 0 Å². The molecule has 4 N–H and O–H groups in total. The minimum atomic E-state index is -0.289. The number of amides is 1. The number of rotatable bonds is 4. The predicted octanol–water partition coefficient (Wildman–Crippen LogP) is 0.884. The first-order valence-corrected chi connectivity index (χ1v) is 5.17. The van der Waals surface area contributed by atoms with Crippen molar-refractivity contribution in [1.82, 2.24) is 9.55 Å². The van der Waals surface area contributed by atoms with Gasteiger partial charge >= 0.3 is 0 Å². The summed E-state index contributed by atoms with van der Waals surface area (Å²) in [6.45, 7) is 0.662. The van der Waals surface area contributed by atoms with E-state index in [4.69, 9.17) is 11.5 Å².